The van der Waals surface area contributed by atoms with E-state index in [0.29, 0.717) is 5.92 Å². The third kappa shape index (κ3) is 4.07. The zero-order valence-corrected chi connectivity index (χ0v) is 15.9. The van der Waals surface area contributed by atoms with Gasteiger partial charge in [-0.25, -0.2) is 4.98 Å². The summed E-state index contributed by atoms with van der Waals surface area (Å²) in [7, 11) is 0. The number of para-hydroxylation sites is 1. The summed E-state index contributed by atoms with van der Waals surface area (Å²) in [6.45, 7) is 9.34. The van der Waals surface area contributed by atoms with Crippen LogP contribution >= 0.6 is 11.3 Å². The first-order chi connectivity index (χ1) is 11.9. The van der Waals surface area contributed by atoms with E-state index in [9.17, 15) is 4.79 Å². The van der Waals surface area contributed by atoms with Crippen molar-refractivity contribution in [2.24, 2.45) is 5.92 Å². The van der Waals surface area contributed by atoms with E-state index in [1.54, 1.807) is 11.3 Å². The summed E-state index contributed by atoms with van der Waals surface area (Å²) in [6, 6.07) is 7.93. The fourth-order valence-corrected chi connectivity index (χ4v) is 3.71. The minimum Gasteiger partial charge on any atom is -0.458 e. The zero-order valence-electron chi connectivity index (χ0n) is 15.1. The summed E-state index contributed by atoms with van der Waals surface area (Å²) >= 11 is 1.56. The summed E-state index contributed by atoms with van der Waals surface area (Å²) in [5.41, 5.74) is 3.85. The Morgan fingerprint density at radius 1 is 1.28 bits per heavy atom. The first-order valence-electron chi connectivity index (χ1n) is 8.47. The molecule has 0 aliphatic heterocycles. The Kier molecular flexibility index (Phi) is 5.18. The van der Waals surface area contributed by atoms with Crippen LogP contribution in [0.4, 0.5) is 0 Å². The molecule has 0 radical (unpaired) electrons. The molecule has 2 aromatic heterocycles. The second-order valence-corrected chi connectivity index (χ2v) is 7.75. The van der Waals surface area contributed by atoms with Crippen molar-refractivity contribution in [3.05, 3.63) is 46.2 Å². The van der Waals surface area contributed by atoms with Crippen LogP contribution in [0.2, 0.25) is 0 Å². The lowest BCUT2D eigenvalue weighted by molar-refractivity contribution is -0.144. The lowest BCUT2D eigenvalue weighted by Crippen LogP contribution is -2.11. The number of ether oxygens (including phenoxy) is 1. The monoisotopic (exact) mass is 357 g/mol. The number of esters is 1. The minimum atomic E-state index is -0.241. The summed E-state index contributed by atoms with van der Waals surface area (Å²) in [4.78, 5) is 16.7. The second-order valence-electron chi connectivity index (χ2n) is 6.64. The average Bonchev–Trinajstić information content (AvgIpc) is 3.08. The van der Waals surface area contributed by atoms with E-state index in [1.807, 2.05) is 42.8 Å². The molecule has 3 rings (SSSR count). The Morgan fingerprint density at radius 2 is 2.04 bits per heavy atom. The number of hydrogen-bond donors (Lipinski definition) is 0. The standard InChI is InChI=1S/C19H23N3O2S/c1-12(2)10-22-14(4)15(13(3)21-22)9-19(23)24-11-18-20-16-7-5-6-8-17(16)25-18/h5-8,12H,9-11H2,1-4H3. The van der Waals surface area contributed by atoms with Crippen molar-refractivity contribution in [2.45, 2.75) is 47.3 Å². The van der Waals surface area contributed by atoms with Crippen LogP contribution in [-0.2, 0) is 29.1 Å². The molecule has 5 nitrogen and oxygen atoms in total. The van der Waals surface area contributed by atoms with Gasteiger partial charge in [0, 0.05) is 17.8 Å². The summed E-state index contributed by atoms with van der Waals surface area (Å²) in [5.74, 6) is 0.270. The van der Waals surface area contributed by atoms with E-state index in [2.05, 4.69) is 23.9 Å². The van der Waals surface area contributed by atoms with E-state index in [1.165, 1.54) is 0 Å². The maximum atomic E-state index is 12.3. The maximum Gasteiger partial charge on any atom is 0.310 e. The Bertz CT molecular complexity index is 862. The topological polar surface area (TPSA) is 57.0 Å². The minimum absolute atomic E-state index is 0.219. The average molecular weight is 357 g/mol. The molecule has 3 aromatic rings. The molecule has 0 aliphatic carbocycles. The first-order valence-corrected chi connectivity index (χ1v) is 9.28. The highest BCUT2D eigenvalue weighted by molar-refractivity contribution is 7.18. The lowest BCUT2D eigenvalue weighted by atomic mass is 10.1. The highest BCUT2D eigenvalue weighted by atomic mass is 32.1. The molecule has 0 saturated carbocycles. The number of aryl methyl sites for hydroxylation is 1. The molecule has 0 saturated heterocycles. The van der Waals surface area contributed by atoms with Crippen molar-refractivity contribution < 1.29 is 9.53 Å². The van der Waals surface area contributed by atoms with Crippen LogP contribution in [0.25, 0.3) is 10.2 Å². The quantitative estimate of drug-likeness (QED) is 0.625. The molecule has 0 spiro atoms. The van der Waals surface area contributed by atoms with Crippen molar-refractivity contribution in [3.63, 3.8) is 0 Å². The van der Waals surface area contributed by atoms with E-state index in [4.69, 9.17) is 4.74 Å². The van der Waals surface area contributed by atoms with Crippen molar-refractivity contribution in [3.8, 4) is 0 Å². The van der Waals surface area contributed by atoms with E-state index < -0.39 is 0 Å². The zero-order chi connectivity index (χ0) is 18.0. The Balaban J connectivity index is 1.63. The van der Waals surface area contributed by atoms with Gasteiger partial charge in [0.1, 0.15) is 11.6 Å². The first kappa shape index (κ1) is 17.6. The van der Waals surface area contributed by atoms with Gasteiger partial charge in [-0.15, -0.1) is 11.3 Å². The molecule has 1 aromatic carbocycles. The fourth-order valence-electron chi connectivity index (χ4n) is 2.83. The number of fused-ring (bicyclic) bond motifs is 1. The van der Waals surface area contributed by atoms with E-state index in [-0.39, 0.29) is 19.0 Å². The number of carbonyl (C=O) groups is 1. The molecular formula is C19H23N3O2S. The Labute approximate surface area is 151 Å². The molecular weight excluding hydrogens is 334 g/mol. The van der Waals surface area contributed by atoms with E-state index in [0.717, 1.165) is 38.7 Å². The van der Waals surface area contributed by atoms with Gasteiger partial charge in [0.2, 0.25) is 0 Å². The Morgan fingerprint density at radius 3 is 2.76 bits per heavy atom. The van der Waals surface area contributed by atoms with Crippen LogP contribution < -0.4 is 0 Å². The number of nitrogens with zero attached hydrogens (tertiary/aromatic N) is 3. The molecule has 0 N–H and O–H groups in total. The lowest BCUT2D eigenvalue weighted by Gasteiger charge is -2.08. The fraction of sp³-hybridized carbons (Fsp3) is 0.421. The van der Waals surface area contributed by atoms with Crippen LogP contribution in [0, 0.1) is 19.8 Å². The van der Waals surface area contributed by atoms with Crippen LogP contribution in [0.1, 0.15) is 35.8 Å². The molecule has 0 bridgehead atoms. The van der Waals surface area contributed by atoms with Gasteiger partial charge in [-0.1, -0.05) is 26.0 Å². The Hall–Kier alpha value is -2.21. The van der Waals surface area contributed by atoms with Gasteiger partial charge in [-0.2, -0.15) is 5.10 Å². The highest BCUT2D eigenvalue weighted by Crippen LogP contribution is 2.22. The number of rotatable bonds is 6. The normalized spacial score (nSPS) is 11.4. The van der Waals surface area contributed by atoms with Gasteiger partial charge in [0.05, 0.1) is 22.3 Å². The molecule has 132 valence electrons. The second kappa shape index (κ2) is 7.35. The van der Waals surface area contributed by atoms with Crippen molar-refractivity contribution in [2.75, 3.05) is 0 Å². The van der Waals surface area contributed by atoms with Gasteiger partial charge < -0.3 is 4.74 Å². The maximum absolute atomic E-state index is 12.3. The van der Waals surface area contributed by atoms with E-state index >= 15 is 0 Å². The number of benzene rings is 1. The van der Waals surface area contributed by atoms with Crippen molar-refractivity contribution >= 4 is 27.5 Å². The molecule has 0 fully saturated rings. The van der Waals surface area contributed by atoms with Crippen molar-refractivity contribution in [1.82, 2.24) is 14.8 Å². The van der Waals surface area contributed by atoms with Gasteiger partial charge in [-0.05, 0) is 31.9 Å². The number of thiazole rings is 1. The third-order valence-corrected chi connectivity index (χ3v) is 5.10. The SMILES string of the molecule is Cc1nn(CC(C)C)c(C)c1CC(=O)OCc1nc2ccccc2s1. The van der Waals surface area contributed by atoms with Crippen LogP contribution in [0.15, 0.2) is 24.3 Å². The molecule has 0 atom stereocenters. The number of carbonyl (C=O) groups excluding carboxylic acids is 1. The van der Waals surface area contributed by atoms with Gasteiger partial charge >= 0.3 is 5.97 Å². The predicted molar refractivity (Wildman–Crippen MR) is 99.7 cm³/mol. The predicted octanol–water partition coefficient (Wildman–Crippen LogP) is 4.05. The van der Waals surface area contributed by atoms with Gasteiger partial charge in [-0.3, -0.25) is 9.48 Å². The summed E-state index contributed by atoms with van der Waals surface area (Å²) < 4.78 is 8.52. The summed E-state index contributed by atoms with van der Waals surface area (Å²) in [6.07, 6.45) is 0.251. The smallest absolute Gasteiger partial charge is 0.310 e. The molecule has 0 unspecified atom stereocenters. The molecule has 0 amide bonds. The third-order valence-electron chi connectivity index (χ3n) is 4.09. The van der Waals surface area contributed by atoms with Crippen LogP contribution in [0.5, 0.6) is 0 Å². The van der Waals surface area contributed by atoms with Gasteiger partial charge in [0.15, 0.2) is 0 Å². The molecule has 25 heavy (non-hydrogen) atoms. The van der Waals surface area contributed by atoms with Crippen LogP contribution in [-0.4, -0.2) is 20.7 Å². The highest BCUT2D eigenvalue weighted by Gasteiger charge is 2.17. The molecule has 0 aliphatic rings. The number of hydrogen-bond acceptors (Lipinski definition) is 5. The van der Waals surface area contributed by atoms with Gasteiger partial charge in [0.25, 0.3) is 0 Å². The van der Waals surface area contributed by atoms with Crippen LogP contribution in [0.3, 0.4) is 0 Å². The largest absolute Gasteiger partial charge is 0.458 e. The van der Waals surface area contributed by atoms with Crippen molar-refractivity contribution in [1.29, 1.82) is 0 Å². The summed E-state index contributed by atoms with van der Waals surface area (Å²) in [5, 5.41) is 5.37. The molecule has 6 heteroatoms. The number of aromatic nitrogens is 3. The molecule has 2 heterocycles.